The number of nitro benzene ring substituents is 1. The molecule has 0 amide bonds. The fourth-order valence-electron chi connectivity index (χ4n) is 6.08. The third kappa shape index (κ3) is 3.25. The molecule has 1 aromatic rings. The lowest BCUT2D eigenvalue weighted by molar-refractivity contribution is -0.387. The molecule has 2 bridgehead atoms. The Labute approximate surface area is 198 Å². The molecule has 4 atom stereocenters. The second kappa shape index (κ2) is 9.05. The van der Waals surface area contributed by atoms with Crippen molar-refractivity contribution in [2.24, 2.45) is 16.7 Å². The highest BCUT2D eigenvalue weighted by molar-refractivity contribution is 5.89. The Kier molecular flexibility index (Phi) is 6.30. The first-order valence-corrected chi connectivity index (χ1v) is 11.9. The molecule has 2 heterocycles. The molecule has 1 saturated carbocycles. The summed E-state index contributed by atoms with van der Waals surface area (Å²) >= 11 is 0. The van der Waals surface area contributed by atoms with Crippen molar-refractivity contribution in [3.63, 3.8) is 0 Å². The summed E-state index contributed by atoms with van der Waals surface area (Å²) in [6, 6.07) is 12.0. The van der Waals surface area contributed by atoms with Crippen LogP contribution in [0.15, 0.2) is 24.3 Å². The van der Waals surface area contributed by atoms with Gasteiger partial charge >= 0.3 is 0 Å². The van der Waals surface area contributed by atoms with E-state index in [1.165, 1.54) is 18.2 Å². The standard InChI is InChI=1S/C25H27N5O4/c26-15-23(16-27)21(18-11-8-9-12-19(18)30(31)32)33-25-14-10-6-4-2-1-3-5-7-13-20(25)24(23,17-28)22(29)34-25/h8-9,11-12,20-21,29H,1-7,10,13-14H2. The largest absolute Gasteiger partial charge is 0.447 e. The van der Waals surface area contributed by atoms with Gasteiger partial charge in [-0.3, -0.25) is 15.5 Å². The Morgan fingerprint density at radius 2 is 1.59 bits per heavy atom. The quantitative estimate of drug-likeness (QED) is 0.453. The van der Waals surface area contributed by atoms with Gasteiger partial charge in [0.2, 0.25) is 17.1 Å². The Morgan fingerprint density at radius 3 is 2.21 bits per heavy atom. The number of hydrogen-bond acceptors (Lipinski definition) is 8. The van der Waals surface area contributed by atoms with Gasteiger partial charge in [-0.25, -0.2) is 0 Å². The monoisotopic (exact) mass is 461 g/mol. The molecule has 1 aliphatic carbocycles. The fourth-order valence-corrected chi connectivity index (χ4v) is 6.08. The van der Waals surface area contributed by atoms with E-state index in [2.05, 4.69) is 6.07 Å². The minimum atomic E-state index is -2.19. The van der Waals surface area contributed by atoms with Gasteiger partial charge in [0.05, 0.1) is 34.6 Å². The molecule has 3 aliphatic rings. The summed E-state index contributed by atoms with van der Waals surface area (Å²) in [4.78, 5) is 11.2. The van der Waals surface area contributed by atoms with Crippen LogP contribution in [0.3, 0.4) is 0 Å². The molecular weight excluding hydrogens is 434 g/mol. The van der Waals surface area contributed by atoms with Gasteiger partial charge in [0, 0.05) is 12.5 Å². The van der Waals surface area contributed by atoms with Gasteiger partial charge in [-0.05, 0) is 18.9 Å². The molecule has 176 valence electrons. The first-order valence-electron chi connectivity index (χ1n) is 11.9. The number of nitriles is 3. The molecular formula is C25H27N5O4. The molecule has 0 spiro atoms. The Balaban J connectivity index is 1.94. The van der Waals surface area contributed by atoms with Crippen LogP contribution in [0.1, 0.15) is 75.9 Å². The zero-order valence-electron chi connectivity index (χ0n) is 19.0. The number of nitrogens with one attached hydrogen (secondary N) is 1. The molecule has 9 heteroatoms. The first kappa shape index (κ1) is 23.7. The number of ether oxygens (including phenoxy) is 2. The summed E-state index contributed by atoms with van der Waals surface area (Å²) in [6.45, 7) is 0. The Hall–Kier alpha value is -3.48. The highest BCUT2D eigenvalue weighted by Crippen LogP contribution is 2.69. The minimum absolute atomic E-state index is 0.0393. The number of rotatable bonds is 2. The summed E-state index contributed by atoms with van der Waals surface area (Å²) in [5.41, 5.74) is -4.35. The molecule has 9 nitrogen and oxygen atoms in total. The zero-order valence-corrected chi connectivity index (χ0v) is 19.0. The fraction of sp³-hybridized carbons (Fsp3) is 0.600. The average molecular weight is 462 g/mol. The third-order valence-corrected chi connectivity index (χ3v) is 7.73. The maximum Gasteiger partial charge on any atom is 0.275 e. The number of nitro groups is 1. The van der Waals surface area contributed by atoms with Crippen molar-refractivity contribution in [1.29, 1.82) is 21.2 Å². The first-order chi connectivity index (χ1) is 16.4. The van der Waals surface area contributed by atoms with Crippen LogP contribution in [-0.2, 0) is 9.47 Å². The lowest BCUT2D eigenvalue weighted by Crippen LogP contribution is -2.59. The van der Waals surface area contributed by atoms with Gasteiger partial charge in [-0.2, -0.15) is 15.8 Å². The Bertz CT molecular complexity index is 1100. The number of hydrogen-bond donors (Lipinski definition) is 1. The normalized spacial score (nSPS) is 32.9. The molecule has 1 N–H and O–H groups in total. The van der Waals surface area contributed by atoms with Crippen LogP contribution >= 0.6 is 0 Å². The number of nitrogens with zero attached hydrogens (tertiary/aromatic N) is 4. The molecule has 1 aromatic carbocycles. The predicted octanol–water partition coefficient (Wildman–Crippen LogP) is 5.44. The summed E-state index contributed by atoms with van der Waals surface area (Å²) in [5, 5.41) is 51.9. The molecule has 0 aromatic heterocycles. The van der Waals surface area contributed by atoms with E-state index in [1.54, 1.807) is 6.07 Å². The van der Waals surface area contributed by atoms with E-state index >= 15 is 0 Å². The van der Waals surface area contributed by atoms with Gasteiger partial charge in [0.25, 0.3) is 5.69 Å². The van der Waals surface area contributed by atoms with Crippen molar-refractivity contribution < 1.29 is 14.4 Å². The van der Waals surface area contributed by atoms with E-state index in [-0.39, 0.29) is 11.3 Å². The van der Waals surface area contributed by atoms with Crippen molar-refractivity contribution in [3.05, 3.63) is 39.9 Å². The highest BCUT2D eigenvalue weighted by atomic mass is 16.7. The van der Waals surface area contributed by atoms with Gasteiger partial charge in [0.15, 0.2) is 5.41 Å². The van der Waals surface area contributed by atoms with E-state index in [0.29, 0.717) is 12.8 Å². The molecule has 4 unspecified atom stereocenters. The van der Waals surface area contributed by atoms with Crippen molar-refractivity contribution >= 4 is 11.6 Å². The van der Waals surface area contributed by atoms with Crippen molar-refractivity contribution in [2.45, 2.75) is 76.1 Å². The lowest BCUT2D eigenvalue weighted by atomic mass is 9.52. The molecule has 2 saturated heterocycles. The van der Waals surface area contributed by atoms with Crippen molar-refractivity contribution in [3.8, 4) is 18.2 Å². The molecule has 34 heavy (non-hydrogen) atoms. The maximum atomic E-state index is 11.8. The van der Waals surface area contributed by atoms with Crippen LogP contribution in [-0.4, -0.2) is 16.6 Å². The minimum Gasteiger partial charge on any atom is -0.447 e. The van der Waals surface area contributed by atoms with Crippen LogP contribution in [0.25, 0.3) is 0 Å². The summed E-state index contributed by atoms with van der Waals surface area (Å²) in [7, 11) is 0. The van der Waals surface area contributed by atoms with E-state index in [0.717, 1.165) is 51.4 Å². The molecule has 3 fully saturated rings. The van der Waals surface area contributed by atoms with Gasteiger partial charge in [-0.15, -0.1) is 0 Å². The molecule has 4 rings (SSSR count). The third-order valence-electron chi connectivity index (χ3n) is 7.73. The molecule has 0 radical (unpaired) electrons. The Morgan fingerprint density at radius 1 is 0.971 bits per heavy atom. The second-order valence-electron chi connectivity index (χ2n) is 9.43. The van der Waals surface area contributed by atoms with E-state index < -0.39 is 39.5 Å². The second-order valence-corrected chi connectivity index (χ2v) is 9.43. The smallest absolute Gasteiger partial charge is 0.275 e. The van der Waals surface area contributed by atoms with Crippen LogP contribution in [0.5, 0.6) is 0 Å². The van der Waals surface area contributed by atoms with Gasteiger partial charge in [-0.1, -0.05) is 57.1 Å². The molecule has 2 aliphatic heterocycles. The SMILES string of the molecule is N#CC1(C#N)C(c2ccccc2[N+](=O)[O-])OC23CCCCCCCCCCC2C1(C#N)C(=N)O3. The van der Waals surface area contributed by atoms with Crippen molar-refractivity contribution in [1.82, 2.24) is 0 Å². The highest BCUT2D eigenvalue weighted by Gasteiger charge is 2.80. The van der Waals surface area contributed by atoms with Crippen LogP contribution < -0.4 is 0 Å². The van der Waals surface area contributed by atoms with Crippen molar-refractivity contribution in [2.75, 3.05) is 0 Å². The average Bonchev–Trinajstić information content (AvgIpc) is 3.02. The summed E-state index contributed by atoms with van der Waals surface area (Å²) in [6.07, 6.45) is 7.14. The van der Waals surface area contributed by atoms with Crippen LogP contribution in [0.4, 0.5) is 5.69 Å². The number of benzene rings is 1. The summed E-state index contributed by atoms with van der Waals surface area (Å²) < 4.78 is 12.5. The van der Waals surface area contributed by atoms with E-state index in [4.69, 9.17) is 14.9 Å². The lowest BCUT2D eigenvalue weighted by Gasteiger charge is -2.50. The van der Waals surface area contributed by atoms with Gasteiger partial charge < -0.3 is 9.47 Å². The maximum absolute atomic E-state index is 11.8. The zero-order chi connectivity index (χ0) is 24.4. The number of para-hydroxylation sites is 1. The topological polar surface area (TPSA) is 157 Å². The van der Waals surface area contributed by atoms with Crippen LogP contribution in [0, 0.1) is 66.3 Å². The van der Waals surface area contributed by atoms with Crippen LogP contribution in [0.2, 0.25) is 0 Å². The van der Waals surface area contributed by atoms with Gasteiger partial charge in [0.1, 0.15) is 6.10 Å². The van der Waals surface area contributed by atoms with E-state index in [9.17, 15) is 25.9 Å². The van der Waals surface area contributed by atoms with E-state index in [1.807, 2.05) is 12.1 Å². The summed E-state index contributed by atoms with van der Waals surface area (Å²) in [5.74, 6) is -2.54. The predicted molar refractivity (Wildman–Crippen MR) is 120 cm³/mol.